The molecule has 0 aliphatic heterocycles. The largest absolute Gasteiger partial charge is 0.480 e. The highest BCUT2D eigenvalue weighted by atomic mass is 16.4. The van der Waals surface area contributed by atoms with Gasteiger partial charge in [0.2, 0.25) is 11.8 Å². The maximum Gasteiger partial charge on any atom is 0.335 e. The Bertz CT molecular complexity index is 936. The second-order valence-electron chi connectivity index (χ2n) is 10.1. The van der Waals surface area contributed by atoms with Crippen molar-refractivity contribution in [3.05, 3.63) is 35.4 Å². The Hall–Kier alpha value is -3.47. The smallest absolute Gasteiger partial charge is 0.335 e. The molecule has 0 spiro atoms. The molecule has 11 heteroatoms. The van der Waals surface area contributed by atoms with E-state index >= 15 is 0 Å². The van der Waals surface area contributed by atoms with E-state index in [2.05, 4.69) is 10.6 Å². The number of rotatable bonds is 23. The lowest BCUT2D eigenvalue weighted by atomic mass is 10.0. The number of carbonyl (C=O) groups excluding carboxylic acids is 2. The van der Waals surface area contributed by atoms with Crippen molar-refractivity contribution in [3.63, 3.8) is 0 Å². The Balaban J connectivity index is 2.06. The molecule has 1 aromatic rings. The molecule has 1 rings (SSSR count). The quantitative estimate of drug-likeness (QED) is 0.108. The number of unbranched alkanes of at least 4 members (excludes halogenated alkanes) is 8. The molecular weight excluding hydrogens is 518 g/mol. The fraction of sp³-hybridized carbons (Fsp3) is 0.621. The molecular formula is C29H45N3O8. The van der Waals surface area contributed by atoms with E-state index in [1.54, 1.807) is 12.1 Å². The summed E-state index contributed by atoms with van der Waals surface area (Å²) in [5.41, 5.74) is 6.86. The Morgan fingerprint density at radius 2 is 1.27 bits per heavy atom. The van der Waals surface area contributed by atoms with Crippen molar-refractivity contribution in [2.75, 3.05) is 6.54 Å². The minimum atomic E-state index is -1.18. The van der Waals surface area contributed by atoms with Crippen LogP contribution in [0.25, 0.3) is 0 Å². The number of nitrogens with two attached hydrogens (primary N) is 1. The Labute approximate surface area is 235 Å². The van der Waals surface area contributed by atoms with Gasteiger partial charge in [0.25, 0.3) is 0 Å². The first kappa shape index (κ1) is 34.6. The average Bonchev–Trinajstić information content (AvgIpc) is 2.91. The Morgan fingerprint density at radius 3 is 1.85 bits per heavy atom. The minimum absolute atomic E-state index is 0.00949. The molecule has 0 saturated heterocycles. The summed E-state index contributed by atoms with van der Waals surface area (Å²) in [6, 6.07) is 4.95. The third-order valence-electron chi connectivity index (χ3n) is 6.69. The fourth-order valence-electron chi connectivity index (χ4n) is 4.22. The zero-order valence-corrected chi connectivity index (χ0v) is 23.2. The molecule has 0 aliphatic rings. The molecule has 1 aromatic carbocycles. The lowest BCUT2D eigenvalue weighted by molar-refractivity contribution is -0.142. The van der Waals surface area contributed by atoms with E-state index in [1.165, 1.54) is 0 Å². The highest BCUT2D eigenvalue weighted by Crippen LogP contribution is 2.13. The first-order valence-electron chi connectivity index (χ1n) is 14.2. The number of amides is 2. The van der Waals surface area contributed by atoms with Gasteiger partial charge in [-0.1, -0.05) is 50.7 Å². The van der Waals surface area contributed by atoms with Crippen LogP contribution in [0.4, 0.5) is 0 Å². The average molecular weight is 564 g/mol. The van der Waals surface area contributed by atoms with Gasteiger partial charge in [-0.2, -0.15) is 0 Å². The fourth-order valence-corrected chi connectivity index (χ4v) is 4.22. The SMILES string of the molecule is NC(CCCCNC(=O)CC[C@H](NC(=O)CCCCCCCCCCc1ccc(C(=O)O)cc1)C(=O)O)C(=O)O. The van der Waals surface area contributed by atoms with Crippen molar-refractivity contribution in [2.24, 2.45) is 5.73 Å². The molecule has 224 valence electrons. The van der Waals surface area contributed by atoms with Crippen LogP contribution in [0.2, 0.25) is 0 Å². The summed E-state index contributed by atoms with van der Waals surface area (Å²) in [6.07, 6.45) is 10.6. The standard InChI is InChI=1S/C29H45N3O8/c30-23(28(37)38)12-9-10-20-31-25(33)19-18-24(29(39)40)32-26(34)13-8-6-4-2-1-3-5-7-11-21-14-16-22(17-15-21)27(35)36/h14-17,23-24H,1-13,18-20,30H2,(H,31,33)(H,32,34)(H,35,36)(H,37,38)(H,39,40)/t23?,24-/m0/s1. The van der Waals surface area contributed by atoms with Gasteiger partial charge in [-0.05, 0) is 62.6 Å². The summed E-state index contributed by atoms with van der Waals surface area (Å²) in [5.74, 6) is -3.81. The van der Waals surface area contributed by atoms with Crippen molar-refractivity contribution < 1.29 is 39.3 Å². The summed E-state index contributed by atoms with van der Waals surface area (Å²) in [5, 5.41) is 32.2. The van der Waals surface area contributed by atoms with Crippen molar-refractivity contribution >= 4 is 29.7 Å². The van der Waals surface area contributed by atoms with Crippen LogP contribution in [-0.2, 0) is 25.6 Å². The highest BCUT2D eigenvalue weighted by molar-refractivity contribution is 5.87. The molecule has 7 N–H and O–H groups in total. The lowest BCUT2D eigenvalue weighted by Crippen LogP contribution is -2.41. The number of carbonyl (C=O) groups is 5. The number of hydrogen-bond donors (Lipinski definition) is 6. The maximum atomic E-state index is 12.2. The molecule has 0 radical (unpaired) electrons. The van der Waals surface area contributed by atoms with Crippen LogP contribution in [0.3, 0.4) is 0 Å². The summed E-state index contributed by atoms with van der Waals surface area (Å²) in [7, 11) is 0. The summed E-state index contributed by atoms with van der Waals surface area (Å²) >= 11 is 0. The van der Waals surface area contributed by atoms with E-state index in [-0.39, 0.29) is 31.1 Å². The van der Waals surface area contributed by atoms with Crippen LogP contribution in [0.15, 0.2) is 24.3 Å². The van der Waals surface area contributed by atoms with Crippen LogP contribution in [0, 0.1) is 0 Å². The zero-order chi connectivity index (χ0) is 29.8. The first-order valence-corrected chi connectivity index (χ1v) is 14.2. The molecule has 11 nitrogen and oxygen atoms in total. The number of aryl methyl sites for hydroxylation is 1. The number of hydrogen-bond acceptors (Lipinski definition) is 6. The third kappa shape index (κ3) is 16.5. The molecule has 1 unspecified atom stereocenters. The van der Waals surface area contributed by atoms with Crippen LogP contribution in [0.5, 0.6) is 0 Å². The lowest BCUT2D eigenvalue weighted by Gasteiger charge is -2.14. The topological polar surface area (TPSA) is 196 Å². The molecule has 2 atom stereocenters. The van der Waals surface area contributed by atoms with E-state index in [0.29, 0.717) is 37.8 Å². The van der Waals surface area contributed by atoms with Crippen molar-refractivity contribution in [1.29, 1.82) is 0 Å². The minimum Gasteiger partial charge on any atom is -0.480 e. The number of aliphatic carboxylic acids is 2. The molecule has 0 aliphatic carbocycles. The van der Waals surface area contributed by atoms with Gasteiger partial charge < -0.3 is 31.7 Å². The number of benzene rings is 1. The predicted molar refractivity (Wildman–Crippen MR) is 150 cm³/mol. The maximum absolute atomic E-state index is 12.2. The van der Waals surface area contributed by atoms with Gasteiger partial charge >= 0.3 is 17.9 Å². The number of carboxylic acid groups (broad SMARTS) is 3. The van der Waals surface area contributed by atoms with Gasteiger partial charge in [-0.25, -0.2) is 9.59 Å². The van der Waals surface area contributed by atoms with Gasteiger partial charge in [-0.3, -0.25) is 14.4 Å². The first-order chi connectivity index (χ1) is 19.1. The number of carboxylic acids is 3. The van der Waals surface area contributed by atoms with Crippen molar-refractivity contribution in [3.8, 4) is 0 Å². The van der Waals surface area contributed by atoms with Crippen molar-refractivity contribution in [2.45, 2.75) is 108 Å². The molecule has 0 saturated carbocycles. The van der Waals surface area contributed by atoms with Gasteiger partial charge in [0.15, 0.2) is 0 Å². The second kappa shape index (κ2) is 20.4. The highest BCUT2D eigenvalue weighted by Gasteiger charge is 2.20. The Kier molecular flexibility index (Phi) is 17.7. The number of aromatic carboxylic acids is 1. The predicted octanol–water partition coefficient (Wildman–Crippen LogP) is 3.49. The normalized spacial score (nSPS) is 12.3. The second-order valence-corrected chi connectivity index (χ2v) is 10.1. The van der Waals surface area contributed by atoms with Gasteiger partial charge in [0, 0.05) is 19.4 Å². The van der Waals surface area contributed by atoms with Crippen LogP contribution < -0.4 is 16.4 Å². The van der Waals surface area contributed by atoms with Crippen LogP contribution in [-0.4, -0.2) is 63.7 Å². The monoisotopic (exact) mass is 563 g/mol. The van der Waals surface area contributed by atoms with E-state index in [4.69, 9.17) is 15.9 Å². The molecule has 0 bridgehead atoms. The van der Waals surface area contributed by atoms with E-state index in [9.17, 15) is 29.1 Å². The molecule has 40 heavy (non-hydrogen) atoms. The van der Waals surface area contributed by atoms with E-state index in [1.807, 2.05) is 12.1 Å². The van der Waals surface area contributed by atoms with Crippen molar-refractivity contribution in [1.82, 2.24) is 10.6 Å². The van der Waals surface area contributed by atoms with Crippen LogP contribution in [0.1, 0.15) is 106 Å². The summed E-state index contributed by atoms with van der Waals surface area (Å²) in [4.78, 5) is 57.2. The van der Waals surface area contributed by atoms with Gasteiger partial charge in [0.1, 0.15) is 12.1 Å². The summed E-state index contributed by atoms with van der Waals surface area (Å²) < 4.78 is 0. The number of nitrogens with one attached hydrogen (secondary N) is 2. The van der Waals surface area contributed by atoms with Gasteiger partial charge in [-0.15, -0.1) is 0 Å². The molecule has 0 heterocycles. The summed E-state index contributed by atoms with van der Waals surface area (Å²) in [6.45, 7) is 0.347. The third-order valence-corrected chi connectivity index (χ3v) is 6.69. The molecule has 0 fully saturated rings. The van der Waals surface area contributed by atoms with Crippen LogP contribution >= 0.6 is 0 Å². The molecule has 0 aromatic heterocycles. The van der Waals surface area contributed by atoms with E-state index < -0.39 is 30.0 Å². The molecule has 2 amide bonds. The zero-order valence-electron chi connectivity index (χ0n) is 23.2. The van der Waals surface area contributed by atoms with E-state index in [0.717, 1.165) is 56.9 Å². The van der Waals surface area contributed by atoms with Gasteiger partial charge in [0.05, 0.1) is 5.56 Å². The Morgan fingerprint density at radius 1 is 0.675 bits per heavy atom.